The van der Waals surface area contributed by atoms with Crippen molar-refractivity contribution in [3.63, 3.8) is 0 Å². The Hall–Kier alpha value is -1.27. The Labute approximate surface area is 131 Å². The Morgan fingerprint density at radius 3 is 3.05 bits per heavy atom. The Morgan fingerprint density at radius 1 is 1.57 bits per heavy atom. The molecule has 7 heteroatoms. The number of hydrogen-bond donors (Lipinski definition) is 1. The summed E-state index contributed by atoms with van der Waals surface area (Å²) in [5.41, 5.74) is 0.427. The molecule has 2 aliphatic rings. The SMILES string of the molecule is C[C@@]12CCC(=O)N1[C@@H](C(=O)Nc1ccc(F)c(Cl)c1)CS2. The van der Waals surface area contributed by atoms with Crippen molar-refractivity contribution in [2.45, 2.75) is 30.7 Å². The molecule has 2 atom stereocenters. The molecule has 2 saturated heterocycles. The Morgan fingerprint density at radius 2 is 2.33 bits per heavy atom. The van der Waals surface area contributed by atoms with Gasteiger partial charge in [-0.2, -0.15) is 0 Å². The van der Waals surface area contributed by atoms with E-state index in [-0.39, 0.29) is 21.7 Å². The number of amides is 2. The number of anilines is 1. The zero-order valence-corrected chi connectivity index (χ0v) is 12.9. The van der Waals surface area contributed by atoms with Crippen LogP contribution in [-0.2, 0) is 9.59 Å². The fourth-order valence-electron chi connectivity index (χ4n) is 2.81. The maximum atomic E-state index is 13.1. The Bertz CT molecular complexity index is 627. The third kappa shape index (κ3) is 2.51. The van der Waals surface area contributed by atoms with Crippen LogP contribution in [0.5, 0.6) is 0 Å². The number of nitrogens with zero attached hydrogens (tertiary/aromatic N) is 1. The van der Waals surface area contributed by atoms with Crippen molar-refractivity contribution >= 4 is 40.9 Å². The van der Waals surface area contributed by atoms with E-state index < -0.39 is 11.9 Å². The first-order valence-corrected chi connectivity index (χ1v) is 7.99. The molecule has 2 heterocycles. The lowest BCUT2D eigenvalue weighted by Gasteiger charge is -2.29. The first-order valence-electron chi connectivity index (χ1n) is 6.63. The van der Waals surface area contributed by atoms with E-state index in [0.29, 0.717) is 17.9 Å². The van der Waals surface area contributed by atoms with Gasteiger partial charge in [0.2, 0.25) is 11.8 Å². The third-order valence-corrected chi connectivity index (χ3v) is 5.73. The van der Waals surface area contributed by atoms with Crippen LogP contribution >= 0.6 is 23.4 Å². The predicted octanol–water partition coefficient (Wildman–Crippen LogP) is 2.87. The maximum absolute atomic E-state index is 13.1. The largest absolute Gasteiger partial charge is 0.324 e. The zero-order valence-electron chi connectivity index (χ0n) is 11.4. The normalized spacial score (nSPS) is 27.9. The second-order valence-corrected chi connectivity index (χ2v) is 7.29. The summed E-state index contributed by atoms with van der Waals surface area (Å²) in [6.07, 6.45) is 1.25. The van der Waals surface area contributed by atoms with Crippen molar-refractivity contribution in [3.8, 4) is 0 Å². The van der Waals surface area contributed by atoms with Gasteiger partial charge in [-0.3, -0.25) is 9.59 Å². The molecule has 21 heavy (non-hydrogen) atoms. The van der Waals surface area contributed by atoms with E-state index in [1.165, 1.54) is 18.2 Å². The number of halogens is 2. The molecule has 0 radical (unpaired) electrons. The van der Waals surface area contributed by atoms with E-state index in [1.807, 2.05) is 6.92 Å². The predicted molar refractivity (Wildman–Crippen MR) is 80.8 cm³/mol. The van der Waals surface area contributed by atoms with E-state index in [0.717, 1.165) is 6.42 Å². The van der Waals surface area contributed by atoms with Gasteiger partial charge in [0.05, 0.1) is 9.89 Å². The zero-order chi connectivity index (χ0) is 15.2. The van der Waals surface area contributed by atoms with Crippen LogP contribution in [0.4, 0.5) is 10.1 Å². The van der Waals surface area contributed by atoms with Gasteiger partial charge in [0, 0.05) is 17.9 Å². The first kappa shape index (κ1) is 14.7. The molecule has 2 amide bonds. The highest BCUT2D eigenvalue weighted by Crippen LogP contribution is 2.47. The topological polar surface area (TPSA) is 49.4 Å². The van der Waals surface area contributed by atoms with Gasteiger partial charge in [-0.25, -0.2) is 4.39 Å². The van der Waals surface area contributed by atoms with Crippen LogP contribution in [-0.4, -0.2) is 33.4 Å². The molecule has 1 N–H and O–H groups in total. The van der Waals surface area contributed by atoms with Gasteiger partial charge in [0.25, 0.3) is 0 Å². The summed E-state index contributed by atoms with van der Waals surface area (Å²) in [6.45, 7) is 1.99. The number of carbonyl (C=O) groups excluding carboxylic acids is 2. The molecule has 0 saturated carbocycles. The molecule has 3 rings (SSSR count). The highest BCUT2D eigenvalue weighted by molar-refractivity contribution is 8.01. The van der Waals surface area contributed by atoms with Crippen LogP contribution in [0.15, 0.2) is 18.2 Å². The molecule has 0 bridgehead atoms. The molecule has 1 aromatic rings. The number of carbonyl (C=O) groups is 2. The van der Waals surface area contributed by atoms with Gasteiger partial charge in [0.1, 0.15) is 11.9 Å². The van der Waals surface area contributed by atoms with Crippen molar-refractivity contribution in [2.75, 3.05) is 11.1 Å². The number of fused-ring (bicyclic) bond motifs is 1. The van der Waals surface area contributed by atoms with Crippen LogP contribution in [0.3, 0.4) is 0 Å². The van der Waals surface area contributed by atoms with E-state index in [4.69, 9.17) is 11.6 Å². The number of thioether (sulfide) groups is 1. The summed E-state index contributed by atoms with van der Waals surface area (Å²) >= 11 is 7.33. The fraction of sp³-hybridized carbons (Fsp3) is 0.429. The molecule has 0 spiro atoms. The highest BCUT2D eigenvalue weighted by Gasteiger charge is 2.52. The number of benzene rings is 1. The molecule has 1 aromatic carbocycles. The molecule has 0 aromatic heterocycles. The minimum absolute atomic E-state index is 0.0137. The summed E-state index contributed by atoms with van der Waals surface area (Å²) < 4.78 is 13.1. The minimum Gasteiger partial charge on any atom is -0.324 e. The molecule has 112 valence electrons. The smallest absolute Gasteiger partial charge is 0.248 e. The van der Waals surface area contributed by atoms with Crippen molar-refractivity contribution < 1.29 is 14.0 Å². The van der Waals surface area contributed by atoms with Gasteiger partial charge in [-0.05, 0) is 31.5 Å². The lowest BCUT2D eigenvalue weighted by molar-refractivity contribution is -0.135. The average Bonchev–Trinajstić information content (AvgIpc) is 2.91. The average molecular weight is 329 g/mol. The Kier molecular flexibility index (Phi) is 3.61. The lowest BCUT2D eigenvalue weighted by Crippen LogP contribution is -2.48. The highest BCUT2D eigenvalue weighted by atomic mass is 35.5. The summed E-state index contributed by atoms with van der Waals surface area (Å²) in [6, 6.07) is 3.53. The van der Waals surface area contributed by atoms with E-state index in [2.05, 4.69) is 5.32 Å². The van der Waals surface area contributed by atoms with Crippen molar-refractivity contribution in [2.24, 2.45) is 0 Å². The summed E-state index contributed by atoms with van der Waals surface area (Å²) in [5, 5.41) is 2.66. The molecule has 0 unspecified atom stereocenters. The van der Waals surface area contributed by atoms with Crippen molar-refractivity contribution in [3.05, 3.63) is 29.0 Å². The van der Waals surface area contributed by atoms with Crippen LogP contribution in [0.2, 0.25) is 5.02 Å². The lowest BCUT2D eigenvalue weighted by atomic mass is 10.2. The van der Waals surface area contributed by atoms with Gasteiger partial charge in [-0.15, -0.1) is 11.8 Å². The Balaban J connectivity index is 1.77. The molecular weight excluding hydrogens is 315 g/mol. The number of rotatable bonds is 2. The fourth-order valence-corrected chi connectivity index (χ4v) is 4.43. The van der Waals surface area contributed by atoms with E-state index in [1.54, 1.807) is 16.7 Å². The number of nitrogens with one attached hydrogen (secondary N) is 1. The van der Waals surface area contributed by atoms with Crippen molar-refractivity contribution in [1.29, 1.82) is 0 Å². The van der Waals surface area contributed by atoms with Crippen LogP contribution in [0.1, 0.15) is 19.8 Å². The second kappa shape index (κ2) is 5.18. The molecular formula is C14H14ClFN2O2S. The maximum Gasteiger partial charge on any atom is 0.248 e. The quantitative estimate of drug-likeness (QED) is 0.908. The van der Waals surface area contributed by atoms with E-state index in [9.17, 15) is 14.0 Å². The molecule has 2 fully saturated rings. The van der Waals surface area contributed by atoms with Crippen molar-refractivity contribution in [1.82, 2.24) is 4.90 Å². The molecule has 4 nitrogen and oxygen atoms in total. The minimum atomic E-state index is -0.534. The van der Waals surface area contributed by atoms with Gasteiger partial charge < -0.3 is 10.2 Å². The van der Waals surface area contributed by atoms with E-state index >= 15 is 0 Å². The van der Waals surface area contributed by atoms with Crippen LogP contribution in [0, 0.1) is 5.82 Å². The molecule has 2 aliphatic heterocycles. The van der Waals surface area contributed by atoms with Gasteiger partial charge >= 0.3 is 0 Å². The summed E-state index contributed by atoms with van der Waals surface area (Å²) in [4.78, 5) is 25.8. The first-order chi connectivity index (χ1) is 9.90. The number of hydrogen-bond acceptors (Lipinski definition) is 3. The monoisotopic (exact) mass is 328 g/mol. The summed E-state index contributed by atoms with van der Waals surface area (Å²) in [5.74, 6) is -0.208. The third-order valence-electron chi connectivity index (χ3n) is 3.93. The second-order valence-electron chi connectivity index (χ2n) is 5.38. The van der Waals surface area contributed by atoms with Crippen LogP contribution < -0.4 is 5.32 Å². The standard InChI is InChI=1S/C14H14ClFN2O2S/c1-14-5-4-12(19)18(14)11(7-21-14)13(20)17-8-2-3-10(16)9(15)6-8/h2-3,6,11H,4-5,7H2,1H3,(H,17,20)/t11-,14-/m1/s1. The van der Waals surface area contributed by atoms with Gasteiger partial charge in [0.15, 0.2) is 0 Å². The van der Waals surface area contributed by atoms with Gasteiger partial charge in [-0.1, -0.05) is 11.6 Å². The molecule has 0 aliphatic carbocycles. The van der Waals surface area contributed by atoms with Crippen LogP contribution in [0.25, 0.3) is 0 Å². The summed E-state index contributed by atoms with van der Waals surface area (Å²) in [7, 11) is 0.